The van der Waals surface area contributed by atoms with E-state index in [0.717, 1.165) is 37.3 Å². The summed E-state index contributed by atoms with van der Waals surface area (Å²) in [5.74, 6) is 1.46. The van der Waals surface area contributed by atoms with E-state index in [1.54, 1.807) is 0 Å². The minimum atomic E-state index is 0.480. The molecule has 1 aromatic rings. The highest BCUT2D eigenvalue weighted by Crippen LogP contribution is 2.12. The first-order valence-electron chi connectivity index (χ1n) is 6.90. The van der Waals surface area contributed by atoms with E-state index in [1.807, 2.05) is 19.9 Å². The van der Waals surface area contributed by atoms with Crippen LogP contribution in [-0.4, -0.2) is 29.2 Å². The summed E-state index contributed by atoms with van der Waals surface area (Å²) in [4.78, 5) is 8.75. The molecule has 0 aliphatic carbocycles. The van der Waals surface area contributed by atoms with Crippen LogP contribution in [0.1, 0.15) is 45.1 Å². The summed E-state index contributed by atoms with van der Waals surface area (Å²) in [7, 11) is 0. The molecule has 0 aliphatic rings. The first-order valence-corrected chi connectivity index (χ1v) is 6.90. The van der Waals surface area contributed by atoms with E-state index in [9.17, 15) is 0 Å². The lowest BCUT2D eigenvalue weighted by Crippen LogP contribution is -2.31. The van der Waals surface area contributed by atoms with Gasteiger partial charge in [0.2, 0.25) is 5.88 Å². The van der Waals surface area contributed by atoms with Crippen molar-refractivity contribution in [3.63, 3.8) is 0 Å². The molecule has 1 aromatic heterocycles. The molecule has 0 bridgehead atoms. The minimum Gasteiger partial charge on any atom is -0.478 e. The zero-order valence-corrected chi connectivity index (χ0v) is 12.0. The minimum absolute atomic E-state index is 0.480. The molecular formula is C14H25N3O. The maximum Gasteiger partial charge on any atom is 0.216 e. The molecule has 102 valence electrons. The molecule has 0 saturated carbocycles. The SMILES string of the molecule is CCCNC(CC)Cc1cc(OCC)nc(C)n1. The molecule has 0 saturated heterocycles. The average Bonchev–Trinajstić information content (AvgIpc) is 2.34. The van der Waals surface area contributed by atoms with Crippen molar-refractivity contribution in [1.29, 1.82) is 0 Å². The number of nitrogens with zero attached hydrogens (tertiary/aromatic N) is 2. The van der Waals surface area contributed by atoms with Crippen molar-refractivity contribution < 1.29 is 4.74 Å². The highest BCUT2D eigenvalue weighted by Gasteiger charge is 2.09. The second kappa shape index (κ2) is 8.03. The third-order valence-corrected chi connectivity index (χ3v) is 2.79. The van der Waals surface area contributed by atoms with Crippen LogP contribution in [0.5, 0.6) is 5.88 Å². The first kappa shape index (κ1) is 14.9. The fourth-order valence-electron chi connectivity index (χ4n) is 1.89. The van der Waals surface area contributed by atoms with Crippen molar-refractivity contribution in [2.24, 2.45) is 0 Å². The Morgan fingerprint density at radius 1 is 1.28 bits per heavy atom. The molecule has 0 amide bonds. The maximum atomic E-state index is 5.45. The number of nitrogens with one attached hydrogen (secondary N) is 1. The van der Waals surface area contributed by atoms with E-state index < -0.39 is 0 Å². The van der Waals surface area contributed by atoms with E-state index in [0.29, 0.717) is 18.5 Å². The van der Waals surface area contributed by atoms with Crippen molar-refractivity contribution in [3.8, 4) is 5.88 Å². The van der Waals surface area contributed by atoms with Gasteiger partial charge in [0.05, 0.1) is 6.61 Å². The van der Waals surface area contributed by atoms with E-state index in [-0.39, 0.29) is 0 Å². The van der Waals surface area contributed by atoms with Gasteiger partial charge in [0, 0.05) is 24.2 Å². The third-order valence-electron chi connectivity index (χ3n) is 2.79. The normalized spacial score (nSPS) is 12.4. The molecule has 0 aliphatic heterocycles. The molecule has 1 N–H and O–H groups in total. The summed E-state index contributed by atoms with van der Waals surface area (Å²) in [6.45, 7) is 9.95. The van der Waals surface area contributed by atoms with Gasteiger partial charge in [-0.1, -0.05) is 13.8 Å². The van der Waals surface area contributed by atoms with Crippen LogP contribution in [0, 0.1) is 6.92 Å². The molecule has 1 atom stereocenters. The van der Waals surface area contributed by atoms with Gasteiger partial charge >= 0.3 is 0 Å². The number of hydrogen-bond acceptors (Lipinski definition) is 4. The molecule has 18 heavy (non-hydrogen) atoms. The fourth-order valence-corrected chi connectivity index (χ4v) is 1.89. The van der Waals surface area contributed by atoms with Gasteiger partial charge in [-0.25, -0.2) is 4.98 Å². The predicted octanol–water partition coefficient (Wildman–Crippen LogP) is 2.50. The lowest BCUT2D eigenvalue weighted by molar-refractivity contribution is 0.324. The van der Waals surface area contributed by atoms with Crippen LogP contribution in [0.15, 0.2) is 6.07 Å². The molecule has 1 unspecified atom stereocenters. The summed E-state index contributed by atoms with van der Waals surface area (Å²) in [5.41, 5.74) is 1.06. The number of aromatic nitrogens is 2. The monoisotopic (exact) mass is 251 g/mol. The number of ether oxygens (including phenoxy) is 1. The van der Waals surface area contributed by atoms with Crippen LogP contribution in [0.25, 0.3) is 0 Å². The molecular weight excluding hydrogens is 226 g/mol. The Morgan fingerprint density at radius 3 is 2.67 bits per heavy atom. The number of hydrogen-bond donors (Lipinski definition) is 1. The summed E-state index contributed by atoms with van der Waals surface area (Å²) in [6, 6.07) is 2.43. The van der Waals surface area contributed by atoms with Crippen molar-refractivity contribution in [1.82, 2.24) is 15.3 Å². The molecule has 1 heterocycles. The molecule has 0 aromatic carbocycles. The fraction of sp³-hybridized carbons (Fsp3) is 0.714. The Labute approximate surface area is 110 Å². The van der Waals surface area contributed by atoms with Crippen LogP contribution < -0.4 is 10.1 Å². The average molecular weight is 251 g/mol. The van der Waals surface area contributed by atoms with E-state index in [1.165, 1.54) is 0 Å². The molecule has 0 radical (unpaired) electrons. The van der Waals surface area contributed by atoms with Gasteiger partial charge in [-0.2, -0.15) is 4.98 Å². The predicted molar refractivity (Wildman–Crippen MR) is 74.0 cm³/mol. The smallest absolute Gasteiger partial charge is 0.216 e. The van der Waals surface area contributed by atoms with Gasteiger partial charge in [-0.05, 0) is 33.2 Å². The second-order valence-corrected chi connectivity index (χ2v) is 4.44. The van der Waals surface area contributed by atoms with E-state index in [2.05, 4.69) is 29.1 Å². The van der Waals surface area contributed by atoms with Crippen molar-refractivity contribution >= 4 is 0 Å². The molecule has 4 nitrogen and oxygen atoms in total. The van der Waals surface area contributed by atoms with Crippen LogP contribution in [-0.2, 0) is 6.42 Å². The van der Waals surface area contributed by atoms with Crippen LogP contribution in [0.3, 0.4) is 0 Å². The van der Waals surface area contributed by atoms with E-state index in [4.69, 9.17) is 4.74 Å². The van der Waals surface area contributed by atoms with Gasteiger partial charge in [0.15, 0.2) is 0 Å². The van der Waals surface area contributed by atoms with Crippen molar-refractivity contribution in [3.05, 3.63) is 17.6 Å². The number of aryl methyl sites for hydroxylation is 1. The highest BCUT2D eigenvalue weighted by molar-refractivity contribution is 5.17. The van der Waals surface area contributed by atoms with Crippen LogP contribution in [0.2, 0.25) is 0 Å². The largest absolute Gasteiger partial charge is 0.478 e. The van der Waals surface area contributed by atoms with Crippen molar-refractivity contribution in [2.45, 2.75) is 53.0 Å². The Kier molecular flexibility index (Phi) is 6.65. The molecule has 1 rings (SSSR count). The van der Waals surface area contributed by atoms with Gasteiger partial charge < -0.3 is 10.1 Å². The summed E-state index contributed by atoms with van der Waals surface area (Å²) in [5, 5.41) is 3.54. The standard InChI is InChI=1S/C14H25N3O/c1-5-8-15-12(6-2)9-13-10-14(18-7-3)17-11(4)16-13/h10,12,15H,5-9H2,1-4H3. The highest BCUT2D eigenvalue weighted by atomic mass is 16.5. The zero-order chi connectivity index (χ0) is 13.4. The Balaban J connectivity index is 2.69. The summed E-state index contributed by atoms with van der Waals surface area (Å²) >= 11 is 0. The maximum absolute atomic E-state index is 5.45. The number of rotatable bonds is 8. The second-order valence-electron chi connectivity index (χ2n) is 4.44. The Bertz CT molecular complexity index is 355. The lowest BCUT2D eigenvalue weighted by atomic mass is 10.1. The zero-order valence-electron chi connectivity index (χ0n) is 12.0. The quantitative estimate of drug-likeness (QED) is 0.771. The van der Waals surface area contributed by atoms with Crippen molar-refractivity contribution in [2.75, 3.05) is 13.2 Å². The third kappa shape index (κ3) is 5.00. The van der Waals surface area contributed by atoms with E-state index >= 15 is 0 Å². The lowest BCUT2D eigenvalue weighted by Gasteiger charge is -2.16. The Morgan fingerprint density at radius 2 is 2.06 bits per heavy atom. The molecule has 0 spiro atoms. The Hall–Kier alpha value is -1.16. The van der Waals surface area contributed by atoms with Gasteiger partial charge in [-0.3, -0.25) is 0 Å². The van der Waals surface area contributed by atoms with Gasteiger partial charge in [0.25, 0.3) is 0 Å². The van der Waals surface area contributed by atoms with Crippen LogP contribution in [0.4, 0.5) is 0 Å². The summed E-state index contributed by atoms with van der Waals surface area (Å²) in [6.07, 6.45) is 3.19. The summed E-state index contributed by atoms with van der Waals surface area (Å²) < 4.78 is 5.45. The van der Waals surface area contributed by atoms with Crippen LogP contribution >= 0.6 is 0 Å². The topological polar surface area (TPSA) is 47.0 Å². The van der Waals surface area contributed by atoms with Gasteiger partial charge in [0.1, 0.15) is 5.82 Å². The first-order chi connectivity index (χ1) is 8.69. The molecule has 4 heteroatoms. The molecule has 0 fully saturated rings. The van der Waals surface area contributed by atoms with Gasteiger partial charge in [-0.15, -0.1) is 0 Å².